The fraction of sp³-hybridized carbons (Fsp3) is 0. The molecule has 262 valence electrons. The Morgan fingerprint density at radius 2 is 0.875 bits per heavy atom. The van der Waals surface area contributed by atoms with Gasteiger partial charge in [-0.05, 0) is 53.1 Å². The standard InChI is InChI=1S/C51H32N4O/c1-5-16-33(17-6-1)37-28-31-44-42(32-37)38-24-13-14-26-43(38)55(44)45-27-15-25-39-40-29-30-41(46(48(40)56-47(39)45)34-18-7-2-8-19-34)51-53-49(35-20-9-3-10-21-35)52-50(54-51)36-22-11-4-12-23-36/h1-32H. The first-order chi connectivity index (χ1) is 27.8. The van der Waals surface area contributed by atoms with Crippen LogP contribution in [-0.2, 0) is 0 Å². The second-order valence-electron chi connectivity index (χ2n) is 14.0. The van der Waals surface area contributed by atoms with Gasteiger partial charge in [-0.1, -0.05) is 158 Å². The van der Waals surface area contributed by atoms with E-state index in [0.717, 1.165) is 66.5 Å². The zero-order chi connectivity index (χ0) is 37.0. The van der Waals surface area contributed by atoms with Gasteiger partial charge in [0.2, 0.25) is 0 Å². The molecule has 0 N–H and O–H groups in total. The van der Waals surface area contributed by atoms with E-state index in [1.807, 2.05) is 66.7 Å². The van der Waals surface area contributed by atoms with E-state index in [0.29, 0.717) is 17.5 Å². The molecule has 11 aromatic rings. The molecule has 0 radical (unpaired) electrons. The van der Waals surface area contributed by atoms with Crippen LogP contribution in [0.15, 0.2) is 199 Å². The van der Waals surface area contributed by atoms with Gasteiger partial charge in [-0.3, -0.25) is 0 Å². The summed E-state index contributed by atoms with van der Waals surface area (Å²) in [5, 5.41) is 4.45. The molecule has 0 aliphatic carbocycles. The lowest BCUT2D eigenvalue weighted by atomic mass is 9.96. The van der Waals surface area contributed by atoms with Crippen LogP contribution in [0.25, 0.3) is 106 Å². The summed E-state index contributed by atoms with van der Waals surface area (Å²) >= 11 is 0. The third-order valence-electron chi connectivity index (χ3n) is 10.7. The number of para-hydroxylation sites is 2. The average molecular weight is 717 g/mol. The van der Waals surface area contributed by atoms with E-state index >= 15 is 0 Å². The maximum absolute atomic E-state index is 7.18. The Hall–Kier alpha value is -7.63. The number of hydrogen-bond donors (Lipinski definition) is 0. The summed E-state index contributed by atoms with van der Waals surface area (Å²) in [6, 6.07) is 67.3. The lowest BCUT2D eigenvalue weighted by Gasteiger charge is -2.12. The lowest BCUT2D eigenvalue weighted by molar-refractivity contribution is 0.667. The van der Waals surface area contributed by atoms with Gasteiger partial charge in [-0.2, -0.15) is 0 Å². The molecular formula is C51H32N4O. The van der Waals surface area contributed by atoms with Crippen LogP contribution in [0.2, 0.25) is 0 Å². The number of fused-ring (bicyclic) bond motifs is 6. The molecule has 0 aliphatic rings. The Bertz CT molecular complexity index is 3170. The molecule has 0 atom stereocenters. The Labute approximate surface area is 322 Å². The van der Waals surface area contributed by atoms with Crippen molar-refractivity contribution in [3.63, 3.8) is 0 Å². The Balaban J connectivity index is 1.17. The molecule has 3 heterocycles. The summed E-state index contributed by atoms with van der Waals surface area (Å²) in [7, 11) is 0. The highest BCUT2D eigenvalue weighted by molar-refractivity contribution is 6.16. The molecule has 0 aliphatic heterocycles. The van der Waals surface area contributed by atoms with Crippen molar-refractivity contribution in [2.45, 2.75) is 0 Å². The topological polar surface area (TPSA) is 56.7 Å². The van der Waals surface area contributed by atoms with E-state index in [1.54, 1.807) is 0 Å². The number of hydrogen-bond acceptors (Lipinski definition) is 4. The molecule has 0 fully saturated rings. The summed E-state index contributed by atoms with van der Waals surface area (Å²) in [6.45, 7) is 0. The van der Waals surface area contributed by atoms with Crippen molar-refractivity contribution in [3.05, 3.63) is 194 Å². The van der Waals surface area contributed by atoms with Crippen molar-refractivity contribution >= 4 is 43.7 Å². The van der Waals surface area contributed by atoms with Gasteiger partial charge in [-0.15, -0.1) is 0 Å². The van der Waals surface area contributed by atoms with E-state index in [4.69, 9.17) is 19.4 Å². The zero-order valence-electron chi connectivity index (χ0n) is 30.2. The van der Waals surface area contributed by atoms with E-state index < -0.39 is 0 Å². The van der Waals surface area contributed by atoms with Crippen molar-refractivity contribution in [2.24, 2.45) is 0 Å². The van der Waals surface area contributed by atoms with E-state index in [9.17, 15) is 0 Å². The van der Waals surface area contributed by atoms with Gasteiger partial charge in [-0.25, -0.2) is 15.0 Å². The first-order valence-corrected chi connectivity index (χ1v) is 18.8. The molecular weight excluding hydrogens is 685 g/mol. The Kier molecular flexibility index (Phi) is 7.42. The van der Waals surface area contributed by atoms with Gasteiger partial charge < -0.3 is 8.98 Å². The summed E-state index contributed by atoms with van der Waals surface area (Å²) < 4.78 is 9.53. The number of benzene rings is 8. The maximum Gasteiger partial charge on any atom is 0.164 e. The number of rotatable bonds is 6. The summed E-state index contributed by atoms with van der Waals surface area (Å²) in [4.78, 5) is 15.2. The van der Waals surface area contributed by atoms with Crippen LogP contribution in [-0.4, -0.2) is 19.5 Å². The quantitative estimate of drug-likeness (QED) is 0.172. The van der Waals surface area contributed by atoms with Gasteiger partial charge in [0.25, 0.3) is 0 Å². The first-order valence-electron chi connectivity index (χ1n) is 18.8. The third kappa shape index (κ3) is 5.21. The SMILES string of the molecule is c1ccc(-c2ccc3c(c2)c2ccccc2n3-c2cccc3c2oc2c(-c4ccccc4)c(-c4nc(-c5ccccc5)nc(-c5ccccc5)n4)ccc23)cc1. The fourth-order valence-electron chi connectivity index (χ4n) is 8.07. The van der Waals surface area contributed by atoms with E-state index in [1.165, 1.54) is 21.9 Å². The molecule has 0 saturated carbocycles. The normalized spacial score (nSPS) is 11.6. The third-order valence-corrected chi connectivity index (χ3v) is 10.7. The summed E-state index contributed by atoms with van der Waals surface area (Å²) in [5.74, 6) is 1.81. The second-order valence-corrected chi connectivity index (χ2v) is 14.0. The highest BCUT2D eigenvalue weighted by atomic mass is 16.3. The average Bonchev–Trinajstić information content (AvgIpc) is 3.83. The monoisotopic (exact) mass is 716 g/mol. The minimum absolute atomic E-state index is 0.579. The molecule has 0 unspecified atom stereocenters. The molecule has 8 aromatic carbocycles. The highest BCUT2D eigenvalue weighted by Crippen LogP contribution is 2.44. The minimum atomic E-state index is 0.579. The van der Waals surface area contributed by atoms with Crippen molar-refractivity contribution < 1.29 is 4.42 Å². The number of aromatic nitrogens is 4. The lowest BCUT2D eigenvalue weighted by Crippen LogP contribution is -2.01. The van der Waals surface area contributed by atoms with Crippen LogP contribution in [0.4, 0.5) is 0 Å². The second kappa shape index (κ2) is 13.0. The molecule has 56 heavy (non-hydrogen) atoms. The highest BCUT2D eigenvalue weighted by Gasteiger charge is 2.23. The smallest absolute Gasteiger partial charge is 0.164 e. The minimum Gasteiger partial charge on any atom is -0.453 e. The van der Waals surface area contributed by atoms with Crippen molar-refractivity contribution in [1.82, 2.24) is 19.5 Å². The van der Waals surface area contributed by atoms with E-state index in [-0.39, 0.29) is 0 Å². The molecule has 5 nitrogen and oxygen atoms in total. The van der Waals surface area contributed by atoms with Gasteiger partial charge in [0.1, 0.15) is 5.58 Å². The fourth-order valence-corrected chi connectivity index (χ4v) is 8.07. The summed E-state index contributed by atoms with van der Waals surface area (Å²) in [6.07, 6.45) is 0. The largest absolute Gasteiger partial charge is 0.453 e. The zero-order valence-corrected chi connectivity index (χ0v) is 30.2. The molecule has 0 saturated heterocycles. The van der Waals surface area contributed by atoms with Crippen molar-refractivity contribution in [2.75, 3.05) is 0 Å². The Morgan fingerprint density at radius 3 is 1.55 bits per heavy atom. The van der Waals surface area contributed by atoms with Crippen LogP contribution >= 0.6 is 0 Å². The van der Waals surface area contributed by atoms with Gasteiger partial charge >= 0.3 is 0 Å². The van der Waals surface area contributed by atoms with E-state index in [2.05, 4.69) is 132 Å². The maximum atomic E-state index is 7.18. The molecule has 3 aromatic heterocycles. The van der Waals surface area contributed by atoms with Crippen LogP contribution in [0.3, 0.4) is 0 Å². The van der Waals surface area contributed by atoms with Crippen molar-refractivity contribution in [3.8, 4) is 62.1 Å². The summed E-state index contributed by atoms with van der Waals surface area (Å²) in [5.41, 5.74) is 11.9. The molecule has 11 rings (SSSR count). The number of furan rings is 1. The molecule has 0 spiro atoms. The predicted molar refractivity (Wildman–Crippen MR) is 229 cm³/mol. The van der Waals surface area contributed by atoms with Crippen LogP contribution in [0.5, 0.6) is 0 Å². The van der Waals surface area contributed by atoms with Crippen molar-refractivity contribution in [1.29, 1.82) is 0 Å². The molecule has 0 bridgehead atoms. The van der Waals surface area contributed by atoms with Crippen LogP contribution in [0.1, 0.15) is 0 Å². The van der Waals surface area contributed by atoms with Crippen LogP contribution < -0.4 is 0 Å². The Morgan fingerprint density at radius 1 is 0.339 bits per heavy atom. The first kappa shape index (κ1) is 31.9. The molecule has 0 amide bonds. The molecule has 5 heteroatoms. The van der Waals surface area contributed by atoms with Gasteiger partial charge in [0.05, 0.1) is 16.7 Å². The number of nitrogens with zero attached hydrogens (tertiary/aromatic N) is 4. The van der Waals surface area contributed by atoms with Gasteiger partial charge in [0.15, 0.2) is 23.1 Å². The predicted octanol–water partition coefficient (Wildman–Crippen LogP) is 13.2. The van der Waals surface area contributed by atoms with Crippen LogP contribution in [0, 0.1) is 0 Å². The van der Waals surface area contributed by atoms with Gasteiger partial charge in [0, 0.05) is 43.8 Å².